The van der Waals surface area contributed by atoms with Crippen LogP contribution in [-0.4, -0.2) is 53.6 Å². The lowest BCUT2D eigenvalue weighted by atomic mass is 10.1. The second-order valence-electron chi connectivity index (χ2n) is 7.80. The van der Waals surface area contributed by atoms with Gasteiger partial charge in [0.05, 0.1) is 6.26 Å². The normalized spacial score (nSPS) is 21.7. The van der Waals surface area contributed by atoms with Crippen molar-refractivity contribution in [1.82, 2.24) is 14.9 Å². The number of hydrogen-bond acceptors (Lipinski definition) is 6. The van der Waals surface area contributed by atoms with Crippen molar-refractivity contribution in [2.75, 3.05) is 42.9 Å². The molecule has 2 saturated heterocycles. The Morgan fingerprint density at radius 1 is 1.11 bits per heavy atom. The number of nitrogens with zero attached hydrogens (tertiary/aromatic N) is 4. The molecule has 0 radical (unpaired) electrons. The van der Waals surface area contributed by atoms with Gasteiger partial charge >= 0.3 is 0 Å². The van der Waals surface area contributed by atoms with E-state index in [9.17, 15) is 0 Å². The Morgan fingerprint density at radius 3 is 2.82 bits per heavy atom. The number of aromatic nitrogens is 2. The fraction of sp³-hybridized carbons (Fsp3) is 0.545. The lowest BCUT2D eigenvalue weighted by molar-refractivity contribution is 0.237. The number of rotatable bonds is 6. The molecule has 28 heavy (non-hydrogen) atoms. The highest BCUT2D eigenvalue weighted by Gasteiger charge is 2.20. The summed E-state index contributed by atoms with van der Waals surface area (Å²) in [6.45, 7) is 5.30. The highest BCUT2D eigenvalue weighted by Crippen LogP contribution is 2.19. The van der Waals surface area contributed by atoms with Crippen molar-refractivity contribution >= 4 is 17.8 Å². The van der Waals surface area contributed by atoms with Crippen LogP contribution < -0.4 is 10.2 Å². The fourth-order valence-corrected chi connectivity index (χ4v) is 4.12. The molecule has 0 aliphatic carbocycles. The second kappa shape index (κ2) is 9.73. The molecule has 1 N–H and O–H groups in total. The van der Waals surface area contributed by atoms with Crippen molar-refractivity contribution in [2.45, 2.75) is 44.6 Å². The Kier molecular flexibility index (Phi) is 6.60. The molecule has 4 rings (SSSR count). The molecular weight excluding hydrogens is 350 g/mol. The molecule has 0 saturated carbocycles. The van der Waals surface area contributed by atoms with Crippen molar-refractivity contribution in [3.63, 3.8) is 0 Å². The van der Waals surface area contributed by atoms with E-state index in [1.807, 2.05) is 30.5 Å². The topological polar surface area (TPSA) is 57.4 Å². The molecule has 2 aliphatic heterocycles. The van der Waals surface area contributed by atoms with E-state index in [4.69, 9.17) is 9.40 Å². The van der Waals surface area contributed by atoms with Gasteiger partial charge in [-0.15, -0.1) is 0 Å². The van der Waals surface area contributed by atoms with E-state index in [0.29, 0.717) is 6.04 Å². The predicted octanol–water partition coefficient (Wildman–Crippen LogP) is 4.04. The average Bonchev–Trinajstić information content (AvgIpc) is 3.08. The Morgan fingerprint density at radius 2 is 2.00 bits per heavy atom. The zero-order chi connectivity index (χ0) is 19.0. The summed E-state index contributed by atoms with van der Waals surface area (Å²) in [6, 6.07) is 6.33. The Labute approximate surface area is 167 Å². The van der Waals surface area contributed by atoms with Gasteiger partial charge < -0.3 is 14.6 Å². The lowest BCUT2D eigenvalue weighted by Gasteiger charge is -2.32. The highest BCUT2D eigenvalue weighted by atomic mass is 16.3. The minimum atomic E-state index is 0.394. The summed E-state index contributed by atoms with van der Waals surface area (Å²) in [4.78, 5) is 14.2. The van der Waals surface area contributed by atoms with Crippen molar-refractivity contribution in [2.24, 2.45) is 0 Å². The SMILES string of the molecule is C(=Cc1ccco1)CN1CCCC(Nc2nccc(N3CCCCCC3)n2)C1. The van der Waals surface area contributed by atoms with Gasteiger partial charge in [0, 0.05) is 38.4 Å². The summed E-state index contributed by atoms with van der Waals surface area (Å²) in [5.41, 5.74) is 0. The zero-order valence-corrected chi connectivity index (χ0v) is 16.6. The van der Waals surface area contributed by atoms with Gasteiger partial charge in [0.2, 0.25) is 5.95 Å². The molecule has 2 fully saturated rings. The molecule has 2 aromatic rings. The third-order valence-electron chi connectivity index (χ3n) is 5.60. The summed E-state index contributed by atoms with van der Waals surface area (Å²) in [7, 11) is 0. The quantitative estimate of drug-likeness (QED) is 0.815. The van der Waals surface area contributed by atoms with Gasteiger partial charge in [-0.05, 0) is 56.5 Å². The van der Waals surface area contributed by atoms with Gasteiger partial charge in [-0.2, -0.15) is 4.98 Å². The fourth-order valence-electron chi connectivity index (χ4n) is 4.12. The minimum absolute atomic E-state index is 0.394. The molecule has 0 aromatic carbocycles. The summed E-state index contributed by atoms with van der Waals surface area (Å²) >= 11 is 0. The van der Waals surface area contributed by atoms with E-state index in [1.165, 1.54) is 32.1 Å². The van der Waals surface area contributed by atoms with E-state index in [0.717, 1.165) is 56.7 Å². The van der Waals surface area contributed by atoms with E-state index < -0.39 is 0 Å². The first kappa shape index (κ1) is 19.0. The molecule has 150 valence electrons. The Balaban J connectivity index is 1.31. The van der Waals surface area contributed by atoms with Crippen molar-refractivity contribution in [3.8, 4) is 0 Å². The molecule has 4 heterocycles. The molecular formula is C22H31N5O. The molecule has 0 spiro atoms. The van der Waals surface area contributed by atoms with Crippen LogP contribution in [0.4, 0.5) is 11.8 Å². The number of piperidine rings is 1. The maximum absolute atomic E-state index is 5.35. The third-order valence-corrected chi connectivity index (χ3v) is 5.60. The maximum atomic E-state index is 5.35. The van der Waals surface area contributed by atoms with Gasteiger partial charge in [0.25, 0.3) is 0 Å². The minimum Gasteiger partial charge on any atom is -0.465 e. The highest BCUT2D eigenvalue weighted by molar-refractivity contribution is 5.43. The van der Waals surface area contributed by atoms with Crippen LogP contribution in [0.2, 0.25) is 0 Å². The monoisotopic (exact) mass is 381 g/mol. The summed E-state index contributed by atoms with van der Waals surface area (Å²) in [5, 5.41) is 3.58. The van der Waals surface area contributed by atoms with Crippen LogP contribution in [0.25, 0.3) is 6.08 Å². The first-order valence-electron chi connectivity index (χ1n) is 10.6. The van der Waals surface area contributed by atoms with Gasteiger partial charge in [-0.1, -0.05) is 18.9 Å². The molecule has 2 aliphatic rings. The standard InChI is InChI=1S/C22H31N5O/c1-2-4-16-27(15-3-1)21-11-12-23-22(25-21)24-19-8-5-13-26(18-19)14-6-9-20-10-7-17-28-20/h6-7,9-12,17,19H,1-5,8,13-16,18H2,(H,23,24,25). The largest absolute Gasteiger partial charge is 0.465 e. The van der Waals surface area contributed by atoms with Crippen molar-refractivity contribution < 1.29 is 4.42 Å². The number of hydrogen-bond donors (Lipinski definition) is 1. The van der Waals surface area contributed by atoms with E-state index in [1.54, 1.807) is 6.26 Å². The first-order valence-corrected chi connectivity index (χ1v) is 10.6. The van der Waals surface area contributed by atoms with Crippen LogP contribution in [-0.2, 0) is 0 Å². The second-order valence-corrected chi connectivity index (χ2v) is 7.80. The van der Waals surface area contributed by atoms with Gasteiger partial charge in [-0.3, -0.25) is 4.90 Å². The van der Waals surface area contributed by atoms with Crippen LogP contribution in [0.15, 0.2) is 41.2 Å². The number of nitrogens with one attached hydrogen (secondary N) is 1. The van der Waals surface area contributed by atoms with Crippen LogP contribution in [0, 0.1) is 0 Å². The van der Waals surface area contributed by atoms with Gasteiger partial charge in [0.15, 0.2) is 0 Å². The van der Waals surface area contributed by atoms with Gasteiger partial charge in [0.1, 0.15) is 11.6 Å². The smallest absolute Gasteiger partial charge is 0.224 e. The number of anilines is 2. The lowest BCUT2D eigenvalue weighted by Crippen LogP contribution is -2.42. The number of furan rings is 1. The summed E-state index contributed by atoms with van der Waals surface area (Å²) in [5.74, 6) is 2.73. The molecule has 2 aromatic heterocycles. The average molecular weight is 382 g/mol. The third kappa shape index (κ3) is 5.35. The molecule has 1 atom stereocenters. The van der Waals surface area contributed by atoms with E-state index >= 15 is 0 Å². The molecule has 0 bridgehead atoms. The maximum Gasteiger partial charge on any atom is 0.224 e. The van der Waals surface area contributed by atoms with Crippen LogP contribution in [0.1, 0.15) is 44.3 Å². The molecule has 1 unspecified atom stereocenters. The molecule has 0 amide bonds. The summed E-state index contributed by atoms with van der Waals surface area (Å²) in [6.07, 6.45) is 15.4. The number of likely N-dealkylation sites (tertiary alicyclic amines) is 1. The van der Waals surface area contributed by atoms with Crippen LogP contribution >= 0.6 is 0 Å². The zero-order valence-electron chi connectivity index (χ0n) is 16.6. The van der Waals surface area contributed by atoms with E-state index in [2.05, 4.69) is 26.2 Å². The first-order chi connectivity index (χ1) is 13.9. The molecule has 6 nitrogen and oxygen atoms in total. The van der Waals surface area contributed by atoms with Crippen LogP contribution in [0.3, 0.4) is 0 Å². The van der Waals surface area contributed by atoms with Crippen molar-refractivity contribution in [3.05, 3.63) is 42.5 Å². The Bertz CT molecular complexity index is 737. The van der Waals surface area contributed by atoms with Gasteiger partial charge in [-0.25, -0.2) is 4.98 Å². The predicted molar refractivity (Wildman–Crippen MR) is 114 cm³/mol. The van der Waals surface area contributed by atoms with Crippen molar-refractivity contribution in [1.29, 1.82) is 0 Å². The Hall–Kier alpha value is -2.34. The summed E-state index contributed by atoms with van der Waals surface area (Å²) < 4.78 is 5.35. The van der Waals surface area contributed by atoms with Crippen LogP contribution in [0.5, 0.6) is 0 Å². The molecule has 6 heteroatoms. The van der Waals surface area contributed by atoms with E-state index in [-0.39, 0.29) is 0 Å².